The molecule has 33 heavy (non-hydrogen) atoms. The summed E-state index contributed by atoms with van der Waals surface area (Å²) in [5, 5.41) is 0.420. The van der Waals surface area contributed by atoms with Crippen LogP contribution in [0.2, 0.25) is 0 Å². The minimum absolute atomic E-state index is 0.379. The molecule has 5 aliphatic rings. The average molecular weight is 458 g/mol. The normalized spacial score (nSPS) is 28.0. The number of ether oxygens (including phenoxy) is 2. The van der Waals surface area contributed by atoms with E-state index in [9.17, 15) is 0 Å². The van der Waals surface area contributed by atoms with E-state index in [0.29, 0.717) is 17.1 Å². The van der Waals surface area contributed by atoms with Gasteiger partial charge in [-0.25, -0.2) is 0 Å². The van der Waals surface area contributed by atoms with Crippen LogP contribution in [0, 0.1) is 11.8 Å². The van der Waals surface area contributed by atoms with E-state index in [2.05, 4.69) is 71.7 Å². The van der Waals surface area contributed by atoms with Crippen LogP contribution in [0.25, 0.3) is 5.57 Å². The van der Waals surface area contributed by atoms with Crippen molar-refractivity contribution in [2.45, 2.75) is 24.5 Å². The second-order valence-electron chi connectivity index (χ2n) is 9.35. The molecule has 2 heterocycles. The highest BCUT2D eigenvalue weighted by Gasteiger charge is 2.44. The first-order valence-corrected chi connectivity index (χ1v) is 13.1. The molecule has 6 rings (SSSR count). The van der Waals surface area contributed by atoms with E-state index in [4.69, 9.17) is 9.47 Å². The third kappa shape index (κ3) is 3.94. The summed E-state index contributed by atoms with van der Waals surface area (Å²) in [4.78, 5) is 4.03. The van der Waals surface area contributed by atoms with Gasteiger partial charge in [-0.15, -0.1) is 11.8 Å². The predicted octanol–water partition coefficient (Wildman–Crippen LogP) is 6.15. The third-order valence-electron chi connectivity index (χ3n) is 7.38. The molecule has 3 nitrogen and oxygen atoms in total. The van der Waals surface area contributed by atoms with Gasteiger partial charge in [0.1, 0.15) is 18.1 Å². The van der Waals surface area contributed by atoms with Crippen LogP contribution in [0.5, 0.6) is 5.75 Å². The lowest BCUT2D eigenvalue weighted by molar-refractivity contribution is 0.183. The average Bonchev–Trinajstić information content (AvgIpc) is 3.39. The highest BCUT2D eigenvalue weighted by atomic mass is 32.2. The van der Waals surface area contributed by atoms with Crippen LogP contribution >= 0.6 is 11.8 Å². The van der Waals surface area contributed by atoms with Crippen LogP contribution in [0.15, 0.2) is 88.6 Å². The Balaban J connectivity index is 1.23. The van der Waals surface area contributed by atoms with Crippen molar-refractivity contribution in [1.82, 2.24) is 4.90 Å². The first kappa shape index (κ1) is 21.1. The number of nitrogens with zero attached hydrogens (tertiary/aromatic N) is 1. The minimum Gasteiger partial charge on any atom is -0.497 e. The van der Waals surface area contributed by atoms with Crippen molar-refractivity contribution in [1.29, 1.82) is 0 Å². The zero-order valence-electron chi connectivity index (χ0n) is 19.2. The summed E-state index contributed by atoms with van der Waals surface area (Å²) in [6.45, 7) is 4.22. The van der Waals surface area contributed by atoms with Gasteiger partial charge in [-0.3, -0.25) is 4.90 Å². The van der Waals surface area contributed by atoms with Gasteiger partial charge in [0.05, 0.1) is 7.11 Å². The van der Waals surface area contributed by atoms with Gasteiger partial charge in [0.2, 0.25) is 0 Å². The number of benzene rings is 1. The Kier molecular flexibility index (Phi) is 5.81. The number of fused-ring (bicyclic) bond motifs is 4. The van der Waals surface area contributed by atoms with Crippen LogP contribution in [0.4, 0.5) is 0 Å². The van der Waals surface area contributed by atoms with E-state index in [1.807, 2.05) is 11.8 Å². The number of hydrogen-bond donors (Lipinski definition) is 0. The zero-order chi connectivity index (χ0) is 22.2. The smallest absolute Gasteiger partial charge is 0.119 e. The summed E-state index contributed by atoms with van der Waals surface area (Å²) in [5.74, 6) is 2.72. The van der Waals surface area contributed by atoms with Crippen LogP contribution < -0.4 is 4.74 Å². The molecular formula is C29H31NO2S. The van der Waals surface area contributed by atoms with Gasteiger partial charge in [-0.2, -0.15) is 0 Å². The fraction of sp³-hybridized carbons (Fsp3) is 0.379. The number of rotatable bonds is 6. The van der Waals surface area contributed by atoms with E-state index in [1.54, 1.807) is 7.11 Å². The molecule has 0 spiro atoms. The van der Waals surface area contributed by atoms with E-state index < -0.39 is 0 Å². The Morgan fingerprint density at radius 3 is 2.67 bits per heavy atom. The Labute approximate surface area is 201 Å². The van der Waals surface area contributed by atoms with Crippen molar-refractivity contribution >= 4 is 17.3 Å². The summed E-state index contributed by atoms with van der Waals surface area (Å²) in [7, 11) is 1.76. The lowest BCUT2D eigenvalue weighted by atomic mass is 9.84. The van der Waals surface area contributed by atoms with Gasteiger partial charge in [0.15, 0.2) is 0 Å². The van der Waals surface area contributed by atoms with Crippen molar-refractivity contribution < 1.29 is 9.47 Å². The first-order valence-electron chi connectivity index (χ1n) is 12.2. The van der Waals surface area contributed by atoms with Crippen molar-refractivity contribution in [3.05, 3.63) is 94.2 Å². The number of thioether (sulfide) groups is 1. The Bertz CT molecular complexity index is 1100. The monoisotopic (exact) mass is 457 g/mol. The molecule has 2 aliphatic heterocycles. The van der Waals surface area contributed by atoms with Crippen LogP contribution in [0.1, 0.15) is 24.8 Å². The topological polar surface area (TPSA) is 21.7 Å². The molecule has 0 bridgehead atoms. The van der Waals surface area contributed by atoms with E-state index in [-0.39, 0.29) is 0 Å². The molecule has 1 aromatic carbocycles. The van der Waals surface area contributed by atoms with Crippen molar-refractivity contribution in [3.63, 3.8) is 0 Å². The summed E-state index contributed by atoms with van der Waals surface area (Å²) in [5.41, 5.74) is 5.64. The number of methoxy groups -OCH3 is 1. The molecule has 3 unspecified atom stereocenters. The molecule has 0 N–H and O–H groups in total. The lowest BCUT2D eigenvalue weighted by Crippen LogP contribution is -2.33. The zero-order valence-corrected chi connectivity index (χ0v) is 20.0. The molecule has 3 aliphatic carbocycles. The van der Waals surface area contributed by atoms with Gasteiger partial charge in [0.25, 0.3) is 0 Å². The molecule has 0 amide bonds. The second-order valence-corrected chi connectivity index (χ2v) is 10.6. The van der Waals surface area contributed by atoms with Crippen molar-refractivity contribution in [2.24, 2.45) is 11.8 Å². The highest BCUT2D eigenvalue weighted by Crippen LogP contribution is 2.60. The van der Waals surface area contributed by atoms with Gasteiger partial charge >= 0.3 is 0 Å². The first-order chi connectivity index (χ1) is 16.3. The maximum Gasteiger partial charge on any atom is 0.119 e. The maximum absolute atomic E-state index is 6.10. The largest absolute Gasteiger partial charge is 0.497 e. The SMILES string of the molecule is COC1=CC2SC3=C(C(c4ccc(OCCN5CCCCC5)cc4)=C4C=CC=CC43)C2C=C1. The number of piperidine rings is 1. The van der Waals surface area contributed by atoms with Gasteiger partial charge < -0.3 is 9.47 Å². The molecule has 1 saturated heterocycles. The van der Waals surface area contributed by atoms with Crippen LogP contribution in [-0.2, 0) is 4.74 Å². The fourth-order valence-corrected chi connectivity index (χ4v) is 7.30. The quantitative estimate of drug-likeness (QED) is 0.511. The second kappa shape index (κ2) is 9.08. The molecule has 0 radical (unpaired) electrons. The van der Waals surface area contributed by atoms with Gasteiger partial charge in [0, 0.05) is 28.5 Å². The summed E-state index contributed by atoms with van der Waals surface area (Å²) >= 11 is 2.01. The molecule has 0 saturated carbocycles. The Hall–Kier alpha value is -2.43. The molecule has 1 fully saturated rings. The van der Waals surface area contributed by atoms with Crippen molar-refractivity contribution in [2.75, 3.05) is 33.4 Å². The summed E-state index contributed by atoms with van der Waals surface area (Å²) in [6.07, 6.45) is 19.8. The van der Waals surface area contributed by atoms with E-state index in [1.165, 1.54) is 59.5 Å². The molecule has 1 aromatic rings. The lowest BCUT2D eigenvalue weighted by Gasteiger charge is -2.26. The Morgan fingerprint density at radius 1 is 1.00 bits per heavy atom. The standard InChI is InChI=1S/C29H31NO2S/c1-31-22-13-14-25-26(19-22)33-29-24-8-4-3-7-23(24)27(28(25)29)20-9-11-21(12-10-20)32-18-17-30-15-5-2-6-16-30/h3-4,7-14,19,24-26H,2,5-6,15-18H2,1H3. The van der Waals surface area contributed by atoms with E-state index >= 15 is 0 Å². The molecular weight excluding hydrogens is 426 g/mol. The third-order valence-corrected chi connectivity index (χ3v) is 8.81. The minimum atomic E-state index is 0.379. The highest BCUT2D eigenvalue weighted by molar-refractivity contribution is 8.04. The van der Waals surface area contributed by atoms with Crippen LogP contribution in [0.3, 0.4) is 0 Å². The predicted molar refractivity (Wildman–Crippen MR) is 137 cm³/mol. The maximum atomic E-state index is 6.10. The molecule has 3 atom stereocenters. The Morgan fingerprint density at radius 2 is 1.85 bits per heavy atom. The summed E-state index contributed by atoms with van der Waals surface area (Å²) in [6, 6.07) is 8.79. The van der Waals surface area contributed by atoms with Crippen molar-refractivity contribution in [3.8, 4) is 5.75 Å². The molecule has 4 heteroatoms. The number of likely N-dealkylation sites (tertiary alicyclic amines) is 1. The van der Waals surface area contributed by atoms with Crippen LogP contribution in [-0.4, -0.2) is 43.5 Å². The van der Waals surface area contributed by atoms with Gasteiger partial charge in [-0.1, -0.05) is 48.9 Å². The number of allylic oxidation sites excluding steroid dienone is 10. The molecule has 0 aromatic heterocycles. The number of hydrogen-bond acceptors (Lipinski definition) is 4. The van der Waals surface area contributed by atoms with E-state index in [0.717, 1.165) is 24.7 Å². The fourth-order valence-electron chi connectivity index (χ4n) is 5.72. The molecule has 170 valence electrons. The summed E-state index contributed by atoms with van der Waals surface area (Å²) < 4.78 is 11.6. The van der Waals surface area contributed by atoms with Gasteiger partial charge in [-0.05, 0) is 72.5 Å².